The molecule has 37 heavy (non-hydrogen) atoms. The molecule has 1 unspecified atom stereocenters. The van der Waals surface area contributed by atoms with Crippen LogP contribution < -0.4 is 4.74 Å². The van der Waals surface area contributed by atoms with Crippen LogP contribution in [0.1, 0.15) is 6.92 Å². The molecule has 0 amide bonds. The zero-order valence-electron chi connectivity index (χ0n) is 20.0. The fraction of sp³-hybridized carbons (Fsp3) is 0.100. The van der Waals surface area contributed by atoms with Crippen LogP contribution in [0.5, 0.6) is 5.75 Å². The van der Waals surface area contributed by atoms with Crippen LogP contribution >= 0.6 is 22.7 Å². The Balaban J connectivity index is 1.42. The van der Waals surface area contributed by atoms with Crippen molar-refractivity contribution in [2.24, 2.45) is 0 Å². The van der Waals surface area contributed by atoms with Crippen molar-refractivity contribution >= 4 is 59.8 Å². The molecule has 2 aromatic heterocycles. The highest BCUT2D eigenvalue weighted by Gasteiger charge is 2.16. The molecule has 5 nitrogen and oxygen atoms in total. The lowest BCUT2D eigenvalue weighted by Gasteiger charge is -2.16. The summed E-state index contributed by atoms with van der Waals surface area (Å²) in [5.74, 6) is 0.226. The maximum Gasteiger partial charge on any atom is 0.330 e. The first kappa shape index (κ1) is 23.3. The van der Waals surface area contributed by atoms with Gasteiger partial charge in [-0.1, -0.05) is 43.0 Å². The van der Waals surface area contributed by atoms with Crippen molar-refractivity contribution in [3.05, 3.63) is 91.5 Å². The lowest BCUT2D eigenvalue weighted by Crippen LogP contribution is -2.21. The van der Waals surface area contributed by atoms with Crippen LogP contribution in [0.3, 0.4) is 0 Å². The fourth-order valence-electron chi connectivity index (χ4n) is 4.17. The van der Waals surface area contributed by atoms with E-state index in [9.17, 15) is 4.79 Å². The van der Waals surface area contributed by atoms with E-state index in [0.717, 1.165) is 53.7 Å². The smallest absolute Gasteiger partial charge is 0.330 e. The number of para-hydroxylation sites is 2. The first-order valence-corrected chi connectivity index (χ1v) is 13.5. The summed E-state index contributed by atoms with van der Waals surface area (Å²) < 4.78 is 13.8. The van der Waals surface area contributed by atoms with E-state index < -0.39 is 12.1 Å². The Morgan fingerprint density at radius 1 is 0.892 bits per heavy atom. The summed E-state index contributed by atoms with van der Waals surface area (Å²) in [6.45, 7) is 5.47. The van der Waals surface area contributed by atoms with Gasteiger partial charge in [0.25, 0.3) is 0 Å². The first-order valence-electron chi connectivity index (χ1n) is 11.8. The zero-order chi connectivity index (χ0) is 25.4. The number of nitrogens with zero attached hydrogens (tertiary/aromatic N) is 2. The van der Waals surface area contributed by atoms with Crippen molar-refractivity contribution in [3.8, 4) is 26.9 Å². The van der Waals surface area contributed by atoms with Crippen LogP contribution in [-0.4, -0.2) is 28.6 Å². The standard InChI is InChI=1S/C30H22N2O3S2/c1-3-28(33)35-18(2)17-34-25-16-19-12-13-20(29-31-23-8-4-6-10-26(23)36-29)14-21(19)15-22(25)30-32-24-9-5-7-11-27(24)37-30/h3-16,18H,1,17H2,2H3. The van der Waals surface area contributed by atoms with Crippen molar-refractivity contribution in [2.75, 3.05) is 6.61 Å². The lowest BCUT2D eigenvalue weighted by atomic mass is 10.0. The van der Waals surface area contributed by atoms with Crippen LogP contribution in [0.2, 0.25) is 0 Å². The van der Waals surface area contributed by atoms with Crippen molar-refractivity contribution in [2.45, 2.75) is 13.0 Å². The molecule has 4 aromatic carbocycles. The molecule has 0 aliphatic heterocycles. The minimum Gasteiger partial charge on any atom is -0.489 e. The molecular formula is C30H22N2O3S2. The minimum absolute atomic E-state index is 0.215. The largest absolute Gasteiger partial charge is 0.489 e. The fourth-order valence-corrected chi connectivity index (χ4v) is 6.12. The van der Waals surface area contributed by atoms with Crippen LogP contribution in [0.25, 0.3) is 52.3 Å². The normalized spacial score (nSPS) is 12.1. The Morgan fingerprint density at radius 2 is 1.57 bits per heavy atom. The molecule has 2 heterocycles. The van der Waals surface area contributed by atoms with Gasteiger partial charge in [-0.25, -0.2) is 14.8 Å². The molecular weight excluding hydrogens is 500 g/mol. The second kappa shape index (κ2) is 9.76. The summed E-state index contributed by atoms with van der Waals surface area (Å²) in [4.78, 5) is 21.3. The summed E-state index contributed by atoms with van der Waals surface area (Å²) in [5, 5.41) is 3.98. The molecule has 1 atom stereocenters. The third-order valence-corrected chi connectivity index (χ3v) is 8.12. The van der Waals surface area contributed by atoms with Crippen molar-refractivity contribution < 1.29 is 14.3 Å². The van der Waals surface area contributed by atoms with Crippen LogP contribution in [0.4, 0.5) is 0 Å². The molecule has 0 bridgehead atoms. The molecule has 0 saturated carbocycles. The van der Waals surface area contributed by atoms with E-state index in [4.69, 9.17) is 19.4 Å². The highest BCUT2D eigenvalue weighted by molar-refractivity contribution is 7.22. The van der Waals surface area contributed by atoms with Gasteiger partial charge in [-0.05, 0) is 60.2 Å². The first-order chi connectivity index (χ1) is 18.1. The maximum absolute atomic E-state index is 11.6. The van der Waals surface area contributed by atoms with E-state index in [1.165, 1.54) is 4.70 Å². The number of esters is 1. The molecule has 0 N–H and O–H groups in total. The van der Waals surface area contributed by atoms with Crippen molar-refractivity contribution in [1.82, 2.24) is 9.97 Å². The van der Waals surface area contributed by atoms with Gasteiger partial charge in [-0.3, -0.25) is 0 Å². The second-order valence-electron chi connectivity index (χ2n) is 8.65. The van der Waals surface area contributed by atoms with Gasteiger partial charge in [-0.15, -0.1) is 22.7 Å². The molecule has 6 rings (SSSR count). The molecule has 6 aromatic rings. The number of rotatable bonds is 7. The highest BCUT2D eigenvalue weighted by Crippen LogP contribution is 2.40. The molecule has 0 radical (unpaired) electrons. The van der Waals surface area contributed by atoms with Gasteiger partial charge < -0.3 is 9.47 Å². The Morgan fingerprint density at radius 3 is 2.27 bits per heavy atom. The van der Waals surface area contributed by atoms with Gasteiger partial charge in [0.2, 0.25) is 0 Å². The molecule has 0 aliphatic carbocycles. The number of hydrogen-bond acceptors (Lipinski definition) is 7. The zero-order valence-corrected chi connectivity index (χ0v) is 21.6. The van der Waals surface area contributed by atoms with E-state index in [2.05, 4.69) is 43.0 Å². The summed E-state index contributed by atoms with van der Waals surface area (Å²) in [7, 11) is 0. The van der Waals surface area contributed by atoms with Crippen molar-refractivity contribution in [3.63, 3.8) is 0 Å². The third kappa shape index (κ3) is 4.71. The predicted octanol–water partition coefficient (Wildman–Crippen LogP) is 7.89. The quantitative estimate of drug-likeness (QED) is 0.158. The van der Waals surface area contributed by atoms with E-state index in [-0.39, 0.29) is 6.61 Å². The average molecular weight is 523 g/mol. The Kier molecular flexibility index (Phi) is 6.16. The van der Waals surface area contributed by atoms with Gasteiger partial charge in [-0.2, -0.15) is 0 Å². The Bertz CT molecular complexity index is 1720. The number of fused-ring (bicyclic) bond motifs is 3. The number of ether oxygens (including phenoxy) is 2. The van der Waals surface area contributed by atoms with Gasteiger partial charge in [0.05, 0.1) is 26.0 Å². The summed E-state index contributed by atoms with van der Waals surface area (Å²) >= 11 is 3.31. The lowest BCUT2D eigenvalue weighted by molar-refractivity contribution is -0.143. The maximum atomic E-state index is 11.6. The number of carbonyl (C=O) groups is 1. The minimum atomic E-state index is -0.469. The average Bonchev–Trinajstić information content (AvgIpc) is 3.55. The Labute approximate surface area is 221 Å². The van der Waals surface area contributed by atoms with Gasteiger partial charge >= 0.3 is 5.97 Å². The molecule has 0 aliphatic rings. The highest BCUT2D eigenvalue weighted by atomic mass is 32.1. The second-order valence-corrected chi connectivity index (χ2v) is 10.7. The SMILES string of the molecule is C=CC(=O)OC(C)COc1cc2ccc(-c3nc4ccccc4s3)cc2cc1-c1nc2ccccc2s1. The molecule has 0 fully saturated rings. The number of thiazole rings is 2. The molecule has 182 valence electrons. The predicted molar refractivity (Wildman–Crippen MR) is 152 cm³/mol. The third-order valence-electron chi connectivity index (χ3n) is 5.96. The van der Waals surface area contributed by atoms with Crippen LogP contribution in [0.15, 0.2) is 91.5 Å². The summed E-state index contributed by atoms with van der Waals surface area (Å²) in [6, 6.07) is 26.8. The van der Waals surface area contributed by atoms with Gasteiger partial charge in [0, 0.05) is 11.6 Å². The molecule has 0 spiro atoms. The monoisotopic (exact) mass is 522 g/mol. The van der Waals surface area contributed by atoms with Crippen molar-refractivity contribution in [1.29, 1.82) is 0 Å². The summed E-state index contributed by atoms with van der Waals surface area (Å²) in [6.07, 6.45) is 0.730. The van der Waals surface area contributed by atoms with Crippen LogP contribution in [-0.2, 0) is 9.53 Å². The van der Waals surface area contributed by atoms with E-state index >= 15 is 0 Å². The van der Waals surface area contributed by atoms with E-state index in [1.807, 2.05) is 42.5 Å². The molecule has 7 heteroatoms. The topological polar surface area (TPSA) is 61.3 Å². The number of carbonyl (C=O) groups excluding carboxylic acids is 1. The number of aromatic nitrogens is 2. The van der Waals surface area contributed by atoms with E-state index in [1.54, 1.807) is 29.6 Å². The van der Waals surface area contributed by atoms with Gasteiger partial charge in [0.1, 0.15) is 28.5 Å². The van der Waals surface area contributed by atoms with Gasteiger partial charge in [0.15, 0.2) is 0 Å². The Hall–Kier alpha value is -4.07. The molecule has 0 saturated heterocycles. The van der Waals surface area contributed by atoms with E-state index in [0.29, 0.717) is 5.75 Å². The number of benzene rings is 4. The number of hydrogen-bond donors (Lipinski definition) is 0. The van der Waals surface area contributed by atoms with Crippen LogP contribution in [0, 0.1) is 0 Å². The summed E-state index contributed by atoms with van der Waals surface area (Å²) in [5.41, 5.74) is 3.93.